The highest BCUT2D eigenvalue weighted by molar-refractivity contribution is 7.92. The number of sulfonamides is 1. The van der Waals surface area contributed by atoms with Crippen LogP contribution in [0.1, 0.15) is 28.4 Å². The first-order valence-corrected chi connectivity index (χ1v) is 11.7. The fourth-order valence-electron chi connectivity index (χ4n) is 3.11. The summed E-state index contributed by atoms with van der Waals surface area (Å²) in [5.41, 5.74) is 2.91. The smallest absolute Gasteiger partial charge is 0.411 e. The van der Waals surface area contributed by atoms with Gasteiger partial charge in [-0.15, -0.1) is 0 Å². The van der Waals surface area contributed by atoms with Crippen LogP contribution in [-0.2, 0) is 14.8 Å². The summed E-state index contributed by atoms with van der Waals surface area (Å²) in [5.74, 6) is -0.457. The van der Waals surface area contributed by atoms with Gasteiger partial charge in [-0.2, -0.15) is 0 Å². The Morgan fingerprint density at radius 1 is 0.848 bits per heavy atom. The van der Waals surface area contributed by atoms with Crippen LogP contribution in [0.5, 0.6) is 0 Å². The van der Waals surface area contributed by atoms with E-state index >= 15 is 0 Å². The minimum atomic E-state index is -3.87. The average Bonchev–Trinajstić information content (AvgIpc) is 2.75. The molecule has 0 saturated heterocycles. The second kappa shape index (κ2) is 10.2. The Hall–Kier alpha value is -3.85. The Balaban J connectivity index is 1.79. The quantitative estimate of drug-likeness (QED) is 0.456. The lowest BCUT2D eigenvalue weighted by Crippen LogP contribution is -2.17. The summed E-state index contributed by atoms with van der Waals surface area (Å²) in [4.78, 5) is 24.4. The van der Waals surface area contributed by atoms with Gasteiger partial charge in [-0.1, -0.05) is 24.3 Å². The van der Waals surface area contributed by atoms with Crippen molar-refractivity contribution in [2.45, 2.75) is 25.7 Å². The van der Waals surface area contributed by atoms with Crippen LogP contribution in [-0.4, -0.2) is 27.0 Å². The number of rotatable bonds is 7. The fourth-order valence-corrected chi connectivity index (χ4v) is 4.43. The lowest BCUT2D eigenvalue weighted by Gasteiger charge is -2.13. The molecule has 3 aromatic carbocycles. The Morgan fingerprint density at radius 3 is 2.27 bits per heavy atom. The molecule has 0 saturated carbocycles. The highest BCUT2D eigenvalue weighted by Gasteiger charge is 2.19. The van der Waals surface area contributed by atoms with Crippen molar-refractivity contribution in [3.8, 4) is 0 Å². The number of benzene rings is 3. The number of ether oxygens (including phenoxy) is 1. The lowest BCUT2D eigenvalue weighted by molar-refractivity contribution is 0.102. The summed E-state index contributed by atoms with van der Waals surface area (Å²) >= 11 is 0. The Labute approximate surface area is 193 Å². The molecule has 0 spiro atoms. The van der Waals surface area contributed by atoms with Crippen LogP contribution in [0.15, 0.2) is 71.6 Å². The van der Waals surface area contributed by atoms with Gasteiger partial charge in [0.05, 0.1) is 11.5 Å². The van der Waals surface area contributed by atoms with Gasteiger partial charge in [-0.25, -0.2) is 13.2 Å². The number of amides is 2. The maximum Gasteiger partial charge on any atom is 0.411 e. The summed E-state index contributed by atoms with van der Waals surface area (Å²) in [6, 6.07) is 18.0. The molecule has 2 amide bonds. The maximum absolute atomic E-state index is 13.0. The molecule has 0 aromatic heterocycles. The molecule has 0 fully saturated rings. The lowest BCUT2D eigenvalue weighted by atomic mass is 10.1. The molecular formula is C24H25N3O5S. The van der Waals surface area contributed by atoms with Crippen molar-refractivity contribution in [3.63, 3.8) is 0 Å². The number of anilines is 3. The number of hydrogen-bond acceptors (Lipinski definition) is 5. The van der Waals surface area contributed by atoms with Gasteiger partial charge >= 0.3 is 6.09 Å². The van der Waals surface area contributed by atoms with E-state index in [1.54, 1.807) is 62.4 Å². The predicted octanol–water partition coefficient (Wildman–Crippen LogP) is 4.92. The zero-order valence-electron chi connectivity index (χ0n) is 18.5. The molecule has 8 nitrogen and oxygen atoms in total. The summed E-state index contributed by atoms with van der Waals surface area (Å²) in [5, 5.41) is 5.24. The third kappa shape index (κ3) is 6.33. The van der Waals surface area contributed by atoms with Crippen molar-refractivity contribution >= 4 is 39.1 Å². The van der Waals surface area contributed by atoms with Gasteiger partial charge in [0.15, 0.2) is 0 Å². The molecule has 33 heavy (non-hydrogen) atoms. The van der Waals surface area contributed by atoms with Crippen LogP contribution in [0.4, 0.5) is 21.9 Å². The molecule has 3 N–H and O–H groups in total. The third-order valence-electron chi connectivity index (χ3n) is 4.65. The van der Waals surface area contributed by atoms with Crippen LogP contribution >= 0.6 is 0 Å². The van der Waals surface area contributed by atoms with Crippen molar-refractivity contribution in [2.24, 2.45) is 0 Å². The molecule has 0 aliphatic carbocycles. The van der Waals surface area contributed by atoms with Gasteiger partial charge in [0.2, 0.25) is 0 Å². The summed E-state index contributed by atoms with van der Waals surface area (Å²) in [6.45, 7) is 5.47. The second-order valence-electron chi connectivity index (χ2n) is 7.34. The number of nitrogens with one attached hydrogen (secondary N) is 3. The van der Waals surface area contributed by atoms with Crippen molar-refractivity contribution in [2.75, 3.05) is 22.0 Å². The molecule has 172 valence electrons. The highest BCUT2D eigenvalue weighted by atomic mass is 32.2. The first-order chi connectivity index (χ1) is 15.7. The molecular weight excluding hydrogens is 442 g/mol. The SMILES string of the molecule is CCOC(=O)Nc1cccc(C(=O)Nc2ccc(C)c(S(=O)(=O)Nc3cccc(C)c3)c2)c1. The van der Waals surface area contributed by atoms with E-state index in [2.05, 4.69) is 15.4 Å². The Morgan fingerprint density at radius 2 is 1.55 bits per heavy atom. The van der Waals surface area contributed by atoms with Crippen molar-refractivity contribution < 1.29 is 22.7 Å². The van der Waals surface area contributed by atoms with Crippen LogP contribution < -0.4 is 15.4 Å². The van der Waals surface area contributed by atoms with E-state index < -0.39 is 22.0 Å². The van der Waals surface area contributed by atoms with E-state index in [0.717, 1.165) is 5.56 Å². The average molecular weight is 468 g/mol. The molecule has 0 radical (unpaired) electrons. The largest absolute Gasteiger partial charge is 0.450 e. The third-order valence-corrected chi connectivity index (χ3v) is 6.18. The van der Waals surface area contributed by atoms with Gasteiger partial charge in [-0.3, -0.25) is 14.8 Å². The van der Waals surface area contributed by atoms with Gasteiger partial charge in [-0.05, 0) is 74.4 Å². The highest BCUT2D eigenvalue weighted by Crippen LogP contribution is 2.24. The van der Waals surface area contributed by atoms with Gasteiger partial charge in [0.1, 0.15) is 0 Å². The van der Waals surface area contributed by atoms with Crippen LogP contribution in [0.2, 0.25) is 0 Å². The zero-order chi connectivity index (χ0) is 24.0. The zero-order valence-corrected chi connectivity index (χ0v) is 19.3. The molecule has 3 aromatic rings. The van der Waals surface area contributed by atoms with Crippen molar-refractivity contribution in [3.05, 3.63) is 83.4 Å². The number of hydrogen-bond donors (Lipinski definition) is 3. The topological polar surface area (TPSA) is 114 Å². The van der Waals surface area contributed by atoms with E-state index in [-0.39, 0.29) is 17.1 Å². The van der Waals surface area contributed by atoms with Crippen LogP contribution in [0.3, 0.4) is 0 Å². The van der Waals surface area contributed by atoms with Crippen molar-refractivity contribution in [1.29, 1.82) is 0 Å². The molecule has 0 heterocycles. The Bertz CT molecular complexity index is 1290. The van der Waals surface area contributed by atoms with E-state index in [1.165, 1.54) is 12.1 Å². The Kier molecular flexibility index (Phi) is 7.34. The second-order valence-corrected chi connectivity index (χ2v) is 8.99. The first kappa shape index (κ1) is 23.8. The number of carbonyl (C=O) groups excluding carboxylic acids is 2. The van der Waals surface area contributed by atoms with Gasteiger partial charge in [0, 0.05) is 22.6 Å². The molecule has 0 atom stereocenters. The van der Waals surface area contributed by atoms with Crippen molar-refractivity contribution in [1.82, 2.24) is 0 Å². The molecule has 9 heteroatoms. The maximum atomic E-state index is 13.0. The molecule has 0 aliphatic rings. The molecule has 0 aliphatic heterocycles. The molecule has 0 bridgehead atoms. The minimum absolute atomic E-state index is 0.0551. The summed E-state index contributed by atoms with van der Waals surface area (Å²) in [6.07, 6.45) is -0.621. The minimum Gasteiger partial charge on any atom is -0.450 e. The summed E-state index contributed by atoms with van der Waals surface area (Å²) < 4.78 is 33.3. The number of aryl methyl sites for hydroxylation is 2. The van der Waals surface area contributed by atoms with E-state index in [9.17, 15) is 18.0 Å². The van der Waals surface area contributed by atoms with E-state index in [0.29, 0.717) is 22.6 Å². The van der Waals surface area contributed by atoms with Gasteiger partial charge < -0.3 is 10.1 Å². The summed E-state index contributed by atoms with van der Waals surface area (Å²) in [7, 11) is -3.87. The monoisotopic (exact) mass is 467 g/mol. The molecule has 3 rings (SSSR count). The van der Waals surface area contributed by atoms with Gasteiger partial charge in [0.25, 0.3) is 15.9 Å². The first-order valence-electron chi connectivity index (χ1n) is 10.2. The standard InChI is InChI=1S/C24H25N3O5S/c1-4-32-24(29)26-19-9-6-8-18(14-19)23(28)25-20-12-11-17(3)22(15-20)33(30,31)27-21-10-5-7-16(2)13-21/h5-15,27H,4H2,1-3H3,(H,25,28)(H,26,29). The van der Waals surface area contributed by atoms with E-state index in [1.807, 2.05) is 13.0 Å². The van der Waals surface area contributed by atoms with Crippen LogP contribution in [0, 0.1) is 13.8 Å². The molecule has 0 unspecified atom stereocenters. The van der Waals surface area contributed by atoms with Crippen LogP contribution in [0.25, 0.3) is 0 Å². The number of carbonyl (C=O) groups is 2. The normalized spacial score (nSPS) is 10.9. The van der Waals surface area contributed by atoms with E-state index in [4.69, 9.17) is 4.74 Å². The predicted molar refractivity (Wildman–Crippen MR) is 128 cm³/mol. The fraction of sp³-hybridized carbons (Fsp3) is 0.167.